The number of primary amides is 1. The molecular formula is C14H11N2O6S-. The topological polar surface area (TPSA) is 130 Å². The van der Waals surface area contributed by atoms with Gasteiger partial charge >= 0.3 is 0 Å². The quantitative estimate of drug-likeness (QED) is 0.683. The van der Waals surface area contributed by atoms with Crippen LogP contribution in [0, 0.1) is 0 Å². The van der Waals surface area contributed by atoms with Crippen LogP contribution in [-0.4, -0.2) is 41.1 Å². The normalized spacial score (nSPS) is 16.0. The van der Waals surface area contributed by atoms with Crippen LogP contribution in [0.25, 0.3) is 6.08 Å². The lowest BCUT2D eigenvalue weighted by molar-refractivity contribution is -0.305. The standard InChI is InChI=1S/C14H12N2O6S/c15-11(17)7-22-9-3-1-8(2-4-9)5-10-13(20)16(6-12(18)19)14(21)23-10/h1-5H,6-7H2,(H2,15,17)(H,18,19)/p-1/b10-5-. The van der Waals surface area contributed by atoms with Gasteiger partial charge in [0, 0.05) is 0 Å². The van der Waals surface area contributed by atoms with Crippen molar-refractivity contribution in [2.75, 3.05) is 13.2 Å². The van der Waals surface area contributed by atoms with Crippen LogP contribution in [0.15, 0.2) is 29.2 Å². The fourth-order valence-electron chi connectivity index (χ4n) is 1.73. The van der Waals surface area contributed by atoms with Gasteiger partial charge in [-0.2, -0.15) is 0 Å². The van der Waals surface area contributed by atoms with E-state index >= 15 is 0 Å². The molecule has 2 rings (SSSR count). The molecule has 1 aromatic carbocycles. The van der Waals surface area contributed by atoms with Gasteiger partial charge in [0.15, 0.2) is 6.61 Å². The second-order valence-corrected chi connectivity index (χ2v) is 5.46. The van der Waals surface area contributed by atoms with Gasteiger partial charge in [0.05, 0.1) is 17.4 Å². The van der Waals surface area contributed by atoms with Crippen LogP contribution >= 0.6 is 11.8 Å². The van der Waals surface area contributed by atoms with Crippen molar-refractivity contribution < 1.29 is 29.0 Å². The van der Waals surface area contributed by atoms with E-state index in [0.29, 0.717) is 28.0 Å². The number of amides is 3. The van der Waals surface area contributed by atoms with E-state index in [1.807, 2.05) is 0 Å². The lowest BCUT2D eigenvalue weighted by Crippen LogP contribution is -2.40. The Labute approximate surface area is 134 Å². The van der Waals surface area contributed by atoms with Gasteiger partial charge in [0.25, 0.3) is 17.1 Å². The zero-order chi connectivity index (χ0) is 17.0. The first-order chi connectivity index (χ1) is 10.9. The van der Waals surface area contributed by atoms with Crippen molar-refractivity contribution in [2.45, 2.75) is 0 Å². The number of ether oxygens (including phenoxy) is 1. The number of carboxylic acids is 1. The molecule has 0 atom stereocenters. The summed E-state index contributed by atoms with van der Waals surface area (Å²) in [5.41, 5.74) is 5.57. The Balaban J connectivity index is 2.09. The number of hydrogen-bond donors (Lipinski definition) is 1. The minimum atomic E-state index is -1.51. The zero-order valence-electron chi connectivity index (χ0n) is 11.7. The van der Waals surface area contributed by atoms with Gasteiger partial charge in [-0.05, 0) is 35.5 Å². The third kappa shape index (κ3) is 4.33. The van der Waals surface area contributed by atoms with Crippen LogP contribution in [-0.2, 0) is 14.4 Å². The number of rotatable bonds is 6. The van der Waals surface area contributed by atoms with Crippen molar-refractivity contribution in [3.05, 3.63) is 34.7 Å². The van der Waals surface area contributed by atoms with Gasteiger partial charge in [-0.1, -0.05) is 12.1 Å². The molecule has 120 valence electrons. The van der Waals surface area contributed by atoms with Gasteiger partial charge in [-0.15, -0.1) is 0 Å². The molecule has 1 aliphatic rings. The molecule has 1 aromatic rings. The number of nitrogens with two attached hydrogens (primary N) is 1. The first kappa shape index (κ1) is 16.6. The lowest BCUT2D eigenvalue weighted by Gasteiger charge is -2.12. The number of carbonyl (C=O) groups is 4. The Hall–Kier alpha value is -2.81. The van der Waals surface area contributed by atoms with Crippen molar-refractivity contribution in [3.8, 4) is 5.75 Å². The molecule has 9 heteroatoms. The first-order valence-electron chi connectivity index (χ1n) is 6.33. The van der Waals surface area contributed by atoms with Gasteiger partial charge in [-0.25, -0.2) is 0 Å². The number of carboxylic acid groups (broad SMARTS) is 1. The third-order valence-corrected chi connectivity index (χ3v) is 3.63. The van der Waals surface area contributed by atoms with Crippen molar-refractivity contribution in [1.29, 1.82) is 0 Å². The van der Waals surface area contributed by atoms with Crippen LogP contribution in [0.5, 0.6) is 5.75 Å². The van der Waals surface area contributed by atoms with E-state index in [-0.39, 0.29) is 11.5 Å². The second kappa shape index (κ2) is 6.97. The smallest absolute Gasteiger partial charge is 0.293 e. The molecule has 23 heavy (non-hydrogen) atoms. The van der Waals surface area contributed by atoms with Crippen LogP contribution in [0.3, 0.4) is 0 Å². The fraction of sp³-hybridized carbons (Fsp3) is 0.143. The highest BCUT2D eigenvalue weighted by Crippen LogP contribution is 2.32. The SMILES string of the molecule is NC(=O)COc1ccc(/C=C2\SC(=O)N(CC(=O)[O-])C2=O)cc1. The van der Waals surface area contributed by atoms with Crippen molar-refractivity contribution in [3.63, 3.8) is 0 Å². The summed E-state index contributed by atoms with van der Waals surface area (Å²) < 4.78 is 5.09. The maximum Gasteiger partial charge on any atom is 0.293 e. The Morgan fingerprint density at radius 1 is 1.26 bits per heavy atom. The van der Waals surface area contributed by atoms with Crippen molar-refractivity contribution in [1.82, 2.24) is 4.90 Å². The summed E-state index contributed by atoms with van der Waals surface area (Å²) in [4.78, 5) is 45.4. The Morgan fingerprint density at radius 2 is 1.91 bits per heavy atom. The first-order valence-corrected chi connectivity index (χ1v) is 7.15. The predicted molar refractivity (Wildman–Crippen MR) is 78.8 cm³/mol. The molecule has 1 fully saturated rings. The molecule has 1 heterocycles. The van der Waals surface area contributed by atoms with E-state index in [0.717, 1.165) is 0 Å². The van der Waals surface area contributed by atoms with Gasteiger partial charge in [0.1, 0.15) is 5.75 Å². The number of imide groups is 1. The van der Waals surface area contributed by atoms with E-state index in [1.165, 1.54) is 6.08 Å². The average molecular weight is 335 g/mol. The molecule has 0 bridgehead atoms. The number of benzene rings is 1. The van der Waals surface area contributed by atoms with Crippen molar-refractivity contribution in [2.24, 2.45) is 5.73 Å². The van der Waals surface area contributed by atoms with Crippen LogP contribution in [0.2, 0.25) is 0 Å². The van der Waals surface area contributed by atoms with E-state index in [1.54, 1.807) is 24.3 Å². The summed E-state index contributed by atoms with van der Waals surface area (Å²) in [5.74, 6) is -2.37. The third-order valence-electron chi connectivity index (χ3n) is 2.72. The summed E-state index contributed by atoms with van der Waals surface area (Å²) in [6.45, 7) is -1.02. The Morgan fingerprint density at radius 3 is 2.48 bits per heavy atom. The number of carbonyl (C=O) groups excluding carboxylic acids is 4. The van der Waals surface area contributed by atoms with E-state index in [4.69, 9.17) is 10.5 Å². The fourth-order valence-corrected chi connectivity index (χ4v) is 2.57. The summed E-state index contributed by atoms with van der Waals surface area (Å²) in [5, 5.41) is 9.87. The lowest BCUT2D eigenvalue weighted by atomic mass is 10.2. The molecule has 0 aliphatic carbocycles. The monoisotopic (exact) mass is 335 g/mol. The molecule has 3 amide bonds. The molecule has 2 N–H and O–H groups in total. The summed E-state index contributed by atoms with van der Waals surface area (Å²) in [6.07, 6.45) is 1.46. The van der Waals surface area contributed by atoms with Crippen LogP contribution in [0.1, 0.15) is 5.56 Å². The minimum absolute atomic E-state index is 0.113. The molecule has 8 nitrogen and oxygen atoms in total. The highest BCUT2D eigenvalue weighted by Gasteiger charge is 2.34. The highest BCUT2D eigenvalue weighted by molar-refractivity contribution is 8.18. The maximum absolute atomic E-state index is 11.9. The van der Waals surface area contributed by atoms with Crippen LogP contribution in [0.4, 0.5) is 4.79 Å². The largest absolute Gasteiger partial charge is 0.548 e. The molecule has 0 saturated carbocycles. The molecule has 0 radical (unpaired) electrons. The maximum atomic E-state index is 11.9. The number of hydrogen-bond acceptors (Lipinski definition) is 7. The summed E-state index contributed by atoms with van der Waals surface area (Å²) >= 11 is 0.652. The van der Waals surface area contributed by atoms with Gasteiger partial charge < -0.3 is 20.4 Å². The summed E-state index contributed by atoms with van der Waals surface area (Å²) in [6, 6.07) is 6.37. The number of thioether (sulfide) groups is 1. The van der Waals surface area contributed by atoms with Crippen molar-refractivity contribution >= 4 is 40.9 Å². The molecule has 1 saturated heterocycles. The minimum Gasteiger partial charge on any atom is -0.548 e. The predicted octanol–water partition coefficient (Wildman–Crippen LogP) is -0.663. The number of nitrogens with zero attached hydrogens (tertiary/aromatic N) is 1. The van der Waals surface area contributed by atoms with Gasteiger partial charge in [-0.3, -0.25) is 19.3 Å². The molecular weight excluding hydrogens is 324 g/mol. The number of aliphatic carboxylic acids is 1. The van der Waals surface area contributed by atoms with E-state index in [2.05, 4.69) is 0 Å². The second-order valence-electron chi connectivity index (χ2n) is 4.46. The molecule has 1 aliphatic heterocycles. The van der Waals surface area contributed by atoms with E-state index < -0.39 is 29.6 Å². The van der Waals surface area contributed by atoms with E-state index in [9.17, 15) is 24.3 Å². The van der Waals surface area contributed by atoms with Crippen LogP contribution < -0.4 is 15.6 Å². The Bertz CT molecular complexity index is 698. The molecule has 0 spiro atoms. The average Bonchev–Trinajstić information content (AvgIpc) is 2.74. The Kier molecular flexibility index (Phi) is 5.02. The van der Waals surface area contributed by atoms with Gasteiger partial charge in [0.2, 0.25) is 0 Å². The summed E-state index contributed by atoms with van der Waals surface area (Å²) in [7, 11) is 0. The zero-order valence-corrected chi connectivity index (χ0v) is 12.5. The molecule has 0 unspecified atom stereocenters. The highest BCUT2D eigenvalue weighted by atomic mass is 32.2. The molecule has 0 aromatic heterocycles.